The van der Waals surface area contributed by atoms with Crippen LogP contribution in [-0.2, 0) is 4.79 Å². The van der Waals surface area contributed by atoms with Crippen molar-refractivity contribution in [1.29, 1.82) is 0 Å². The molecule has 8 heteroatoms. The van der Waals surface area contributed by atoms with Crippen LogP contribution in [0.4, 0.5) is 11.4 Å². The lowest BCUT2D eigenvalue weighted by Crippen LogP contribution is -2.26. The topological polar surface area (TPSA) is 95.2 Å². The Kier molecular flexibility index (Phi) is 6.40. The standard InChI is InChI=1S/C28H25N5O3/c1-18-11-12-25-23(13-18)24(16-26(36-25)19-7-4-3-5-8-19)31-32-27-14-20(17-29-27)28(34)30-21-9-6-10-22(15-21)33(2)35/h3-15,17,26-27,32H,16H2,1-2H3/p+1. The van der Waals surface area contributed by atoms with E-state index >= 15 is 0 Å². The maximum absolute atomic E-state index is 12.7. The third-order valence-corrected chi connectivity index (χ3v) is 6.04. The number of hydrogen-bond donors (Lipinski definition) is 2. The zero-order valence-electron chi connectivity index (χ0n) is 20.0. The first-order chi connectivity index (χ1) is 17.5. The van der Waals surface area contributed by atoms with Gasteiger partial charge in [0.25, 0.3) is 11.6 Å². The molecule has 0 spiro atoms. The van der Waals surface area contributed by atoms with Gasteiger partial charge >= 0.3 is 0 Å². The molecule has 1 amide bonds. The molecule has 36 heavy (non-hydrogen) atoms. The van der Waals surface area contributed by atoms with E-state index in [2.05, 4.69) is 39.0 Å². The second-order valence-corrected chi connectivity index (χ2v) is 8.76. The largest absolute Gasteiger partial charge is 0.485 e. The van der Waals surface area contributed by atoms with Crippen LogP contribution in [0.2, 0.25) is 0 Å². The number of hydrazone groups is 1. The number of benzene rings is 3. The van der Waals surface area contributed by atoms with Crippen molar-refractivity contribution >= 4 is 29.2 Å². The molecule has 0 radical (unpaired) electrons. The molecule has 0 saturated heterocycles. The molecular formula is C28H26N5O3+. The van der Waals surface area contributed by atoms with Gasteiger partial charge in [-0.1, -0.05) is 48.0 Å². The Morgan fingerprint density at radius 1 is 1.08 bits per heavy atom. The summed E-state index contributed by atoms with van der Waals surface area (Å²) in [5, 5.41) is 7.49. The molecule has 2 unspecified atom stereocenters. The van der Waals surface area contributed by atoms with Crippen molar-refractivity contribution in [1.82, 2.24) is 5.43 Å². The number of fused-ring (bicyclic) bond motifs is 1. The van der Waals surface area contributed by atoms with Crippen molar-refractivity contribution in [3.63, 3.8) is 0 Å². The second-order valence-electron chi connectivity index (χ2n) is 8.76. The number of nitrogens with zero attached hydrogens (tertiary/aromatic N) is 3. The van der Waals surface area contributed by atoms with E-state index < -0.39 is 6.17 Å². The van der Waals surface area contributed by atoms with Gasteiger partial charge in [-0.05, 0) is 36.8 Å². The fourth-order valence-corrected chi connectivity index (χ4v) is 4.16. The van der Waals surface area contributed by atoms with Crippen LogP contribution < -0.4 is 15.5 Å². The maximum Gasteiger partial charge on any atom is 0.257 e. The lowest BCUT2D eigenvalue weighted by molar-refractivity contribution is -0.428. The maximum atomic E-state index is 12.7. The minimum absolute atomic E-state index is 0.144. The monoisotopic (exact) mass is 480 g/mol. The van der Waals surface area contributed by atoms with E-state index in [1.54, 1.807) is 30.3 Å². The highest BCUT2D eigenvalue weighted by atomic mass is 16.5. The highest BCUT2D eigenvalue weighted by molar-refractivity contribution is 6.18. The molecule has 0 bridgehead atoms. The molecule has 2 aliphatic heterocycles. The molecule has 5 rings (SSSR count). The van der Waals surface area contributed by atoms with Crippen LogP contribution in [-0.4, -0.2) is 35.8 Å². The molecule has 3 aromatic rings. The van der Waals surface area contributed by atoms with Crippen molar-refractivity contribution in [2.75, 3.05) is 12.4 Å². The number of anilines is 1. The van der Waals surface area contributed by atoms with E-state index in [1.165, 1.54) is 13.3 Å². The molecule has 0 fully saturated rings. The number of amides is 1. The highest BCUT2D eigenvalue weighted by Crippen LogP contribution is 2.35. The van der Waals surface area contributed by atoms with E-state index in [-0.39, 0.29) is 12.0 Å². The van der Waals surface area contributed by atoms with Gasteiger partial charge in [0.2, 0.25) is 0 Å². The molecule has 2 N–H and O–H groups in total. The summed E-state index contributed by atoms with van der Waals surface area (Å²) >= 11 is 0. The summed E-state index contributed by atoms with van der Waals surface area (Å²) in [5.74, 6) is 0.482. The molecule has 0 aromatic heterocycles. The Morgan fingerprint density at radius 3 is 2.72 bits per heavy atom. The average molecular weight is 481 g/mol. The zero-order valence-corrected chi connectivity index (χ0v) is 20.0. The van der Waals surface area contributed by atoms with Gasteiger partial charge in [0, 0.05) is 45.7 Å². The number of aliphatic imine (C=N–C) groups is 1. The third kappa shape index (κ3) is 5.07. The number of carbonyl (C=O) groups excluding carboxylic acids is 1. The van der Waals surface area contributed by atoms with E-state index in [0.29, 0.717) is 23.4 Å². The zero-order chi connectivity index (χ0) is 25.1. The number of aryl methyl sites for hydroxylation is 1. The number of nitroso groups, excluding NO2 is 1. The SMILES string of the molecule is Cc1ccc2c(c1)C(=NNC1C=C(C(=O)Nc3cccc([N+](C)=O)c3)C=N1)CC(c1ccccc1)O2. The molecular weight excluding hydrogens is 454 g/mol. The summed E-state index contributed by atoms with van der Waals surface area (Å²) in [6.07, 6.45) is 3.23. The molecule has 3 aromatic carbocycles. The van der Waals surface area contributed by atoms with Gasteiger partial charge in [0.05, 0.1) is 11.3 Å². The summed E-state index contributed by atoms with van der Waals surface area (Å²) in [7, 11) is 1.41. The van der Waals surface area contributed by atoms with Gasteiger partial charge in [0.15, 0.2) is 13.2 Å². The average Bonchev–Trinajstić information content (AvgIpc) is 3.37. The molecule has 0 aliphatic carbocycles. The molecule has 2 atom stereocenters. The lowest BCUT2D eigenvalue weighted by Gasteiger charge is -2.28. The Balaban J connectivity index is 1.31. The minimum Gasteiger partial charge on any atom is -0.485 e. The Hall–Kier alpha value is -4.59. The number of carbonyl (C=O) groups is 1. The Labute approximate surface area is 209 Å². The molecule has 8 nitrogen and oxygen atoms in total. The van der Waals surface area contributed by atoms with Gasteiger partial charge in [-0.2, -0.15) is 5.10 Å². The summed E-state index contributed by atoms with van der Waals surface area (Å²) in [5.41, 5.74) is 8.51. The number of ether oxygens (including phenoxy) is 1. The Morgan fingerprint density at radius 2 is 1.92 bits per heavy atom. The molecule has 2 aliphatic rings. The van der Waals surface area contributed by atoms with Gasteiger partial charge in [-0.3, -0.25) is 15.2 Å². The normalized spacial score (nSPS) is 19.3. The second kappa shape index (κ2) is 9.95. The van der Waals surface area contributed by atoms with E-state index in [9.17, 15) is 9.70 Å². The number of hydrogen-bond acceptors (Lipinski definition) is 6. The quantitative estimate of drug-likeness (QED) is 0.390. The van der Waals surface area contributed by atoms with Crippen LogP contribution in [0.3, 0.4) is 0 Å². The first kappa shape index (κ1) is 23.2. The summed E-state index contributed by atoms with van der Waals surface area (Å²) in [4.78, 5) is 28.6. The highest BCUT2D eigenvalue weighted by Gasteiger charge is 2.27. The van der Waals surface area contributed by atoms with E-state index in [0.717, 1.165) is 32.9 Å². The van der Waals surface area contributed by atoms with Crippen molar-refractivity contribution in [2.24, 2.45) is 10.1 Å². The predicted molar refractivity (Wildman–Crippen MR) is 140 cm³/mol. The first-order valence-corrected chi connectivity index (χ1v) is 11.7. The first-order valence-electron chi connectivity index (χ1n) is 11.7. The summed E-state index contributed by atoms with van der Waals surface area (Å²) < 4.78 is 7.02. The van der Waals surface area contributed by atoms with Crippen LogP contribution in [0.25, 0.3) is 0 Å². The summed E-state index contributed by atoms with van der Waals surface area (Å²) in [6.45, 7) is 2.04. The van der Waals surface area contributed by atoms with Gasteiger partial charge in [0.1, 0.15) is 11.9 Å². The lowest BCUT2D eigenvalue weighted by atomic mass is 9.94. The number of rotatable bonds is 6. The predicted octanol–water partition coefficient (Wildman–Crippen LogP) is 4.83. The van der Waals surface area contributed by atoms with Crippen LogP contribution in [0.5, 0.6) is 5.75 Å². The van der Waals surface area contributed by atoms with Crippen molar-refractivity contribution in [3.8, 4) is 5.75 Å². The van der Waals surface area contributed by atoms with Crippen LogP contribution in [0.1, 0.15) is 29.2 Å². The van der Waals surface area contributed by atoms with Crippen molar-refractivity contribution in [3.05, 3.63) is 106 Å². The third-order valence-electron chi connectivity index (χ3n) is 6.04. The van der Waals surface area contributed by atoms with Crippen LogP contribution in [0.15, 0.2) is 94.5 Å². The summed E-state index contributed by atoms with van der Waals surface area (Å²) in [6, 6.07) is 22.9. The fourth-order valence-electron chi connectivity index (χ4n) is 4.16. The van der Waals surface area contributed by atoms with E-state index in [1.807, 2.05) is 37.3 Å². The van der Waals surface area contributed by atoms with Crippen molar-refractivity contribution < 1.29 is 14.3 Å². The Bertz CT molecular complexity index is 1410. The fraction of sp³-hybridized carbons (Fsp3) is 0.179. The van der Waals surface area contributed by atoms with Crippen LogP contribution in [0, 0.1) is 11.8 Å². The molecule has 180 valence electrons. The minimum atomic E-state index is -0.469. The van der Waals surface area contributed by atoms with E-state index in [4.69, 9.17) is 4.74 Å². The van der Waals surface area contributed by atoms with Gasteiger partial charge in [-0.15, -0.1) is 0 Å². The molecule has 2 heterocycles. The number of nitrogens with one attached hydrogen (secondary N) is 2. The molecule has 0 saturated carbocycles. The van der Waals surface area contributed by atoms with Crippen molar-refractivity contribution in [2.45, 2.75) is 25.6 Å². The van der Waals surface area contributed by atoms with Gasteiger partial charge in [-0.25, -0.2) is 0 Å². The van der Waals surface area contributed by atoms with Gasteiger partial charge < -0.3 is 10.1 Å². The smallest absolute Gasteiger partial charge is 0.257 e. The van der Waals surface area contributed by atoms with Crippen LogP contribution >= 0.6 is 0 Å².